The van der Waals surface area contributed by atoms with E-state index in [-0.39, 0.29) is 30.1 Å². The number of nitrogens with one attached hydrogen (secondary N) is 1. The van der Waals surface area contributed by atoms with Gasteiger partial charge in [-0.2, -0.15) is 0 Å². The second-order valence-electron chi connectivity index (χ2n) is 7.51. The van der Waals surface area contributed by atoms with Crippen LogP contribution in [0.5, 0.6) is 0 Å². The molecule has 2 aliphatic rings. The Hall–Kier alpha value is -1.59. The molecule has 3 rings (SSSR count). The van der Waals surface area contributed by atoms with Gasteiger partial charge in [0.25, 0.3) is 0 Å². The van der Waals surface area contributed by atoms with E-state index in [0.717, 1.165) is 45.1 Å². The maximum atomic E-state index is 11.8. The van der Waals surface area contributed by atoms with Crippen LogP contribution in [0, 0.1) is 0 Å². The fourth-order valence-corrected chi connectivity index (χ4v) is 3.64. The van der Waals surface area contributed by atoms with E-state index in [9.17, 15) is 4.79 Å². The van der Waals surface area contributed by atoms with Crippen molar-refractivity contribution in [1.29, 1.82) is 0 Å². The highest BCUT2D eigenvalue weighted by Crippen LogP contribution is 2.14. The number of nitrogens with zero attached hydrogens (tertiary/aromatic N) is 3. The first-order valence-electron chi connectivity index (χ1n) is 10.8. The maximum absolute atomic E-state index is 11.8. The van der Waals surface area contributed by atoms with Crippen molar-refractivity contribution in [2.45, 2.75) is 39.0 Å². The van der Waals surface area contributed by atoms with Crippen LogP contribution >= 0.6 is 24.0 Å². The molecule has 0 saturated carbocycles. The Morgan fingerprint density at radius 2 is 1.71 bits per heavy atom. The molecule has 31 heavy (non-hydrogen) atoms. The number of benzene rings is 1. The number of piperazine rings is 1. The van der Waals surface area contributed by atoms with Gasteiger partial charge >= 0.3 is 6.09 Å². The first kappa shape index (κ1) is 25.7. The molecule has 0 bridgehead atoms. The average molecular weight is 546 g/mol. The maximum Gasteiger partial charge on any atom is 0.409 e. The number of guanidine groups is 1. The lowest BCUT2D eigenvalue weighted by Crippen LogP contribution is -2.53. The molecular formula is C22H35IN4O4. The van der Waals surface area contributed by atoms with Gasteiger partial charge in [-0.05, 0) is 30.9 Å². The molecule has 1 amide bonds. The van der Waals surface area contributed by atoms with Crippen LogP contribution in [0.1, 0.15) is 30.9 Å². The summed E-state index contributed by atoms with van der Waals surface area (Å²) >= 11 is 0. The van der Waals surface area contributed by atoms with Crippen LogP contribution < -0.4 is 5.32 Å². The predicted molar refractivity (Wildman–Crippen MR) is 131 cm³/mol. The smallest absolute Gasteiger partial charge is 0.409 e. The molecule has 1 aromatic carbocycles. The number of aliphatic imine (C=N–C) groups is 1. The number of carbonyl (C=O) groups excluding carboxylic acids is 1. The van der Waals surface area contributed by atoms with Crippen LogP contribution in [0.25, 0.3) is 0 Å². The minimum Gasteiger partial charge on any atom is -0.450 e. The van der Waals surface area contributed by atoms with Gasteiger partial charge in [-0.25, -0.2) is 4.79 Å². The zero-order valence-electron chi connectivity index (χ0n) is 18.5. The van der Waals surface area contributed by atoms with Gasteiger partial charge in [0.2, 0.25) is 0 Å². The predicted octanol–water partition coefficient (Wildman–Crippen LogP) is 2.85. The van der Waals surface area contributed by atoms with E-state index in [1.165, 1.54) is 11.1 Å². The van der Waals surface area contributed by atoms with Gasteiger partial charge in [-0.15, -0.1) is 24.0 Å². The van der Waals surface area contributed by atoms with Crippen molar-refractivity contribution < 1.29 is 19.0 Å². The lowest BCUT2D eigenvalue weighted by molar-refractivity contribution is -0.0390. The zero-order valence-corrected chi connectivity index (χ0v) is 20.9. The van der Waals surface area contributed by atoms with Crippen molar-refractivity contribution in [3.63, 3.8) is 0 Å². The Morgan fingerprint density at radius 3 is 2.32 bits per heavy atom. The van der Waals surface area contributed by atoms with Crippen molar-refractivity contribution in [3.8, 4) is 0 Å². The van der Waals surface area contributed by atoms with Crippen molar-refractivity contribution in [2.75, 3.05) is 53.0 Å². The summed E-state index contributed by atoms with van der Waals surface area (Å²) in [6.07, 6.45) is 2.04. The number of hydrogen-bond donors (Lipinski definition) is 1. The van der Waals surface area contributed by atoms with Gasteiger partial charge in [0.15, 0.2) is 5.96 Å². The fraction of sp³-hybridized carbons (Fsp3) is 0.636. The van der Waals surface area contributed by atoms with E-state index in [4.69, 9.17) is 14.2 Å². The van der Waals surface area contributed by atoms with Crippen molar-refractivity contribution >= 4 is 36.0 Å². The number of ether oxygens (including phenoxy) is 3. The molecule has 0 unspecified atom stereocenters. The van der Waals surface area contributed by atoms with E-state index < -0.39 is 0 Å². The Morgan fingerprint density at radius 1 is 1.10 bits per heavy atom. The van der Waals surface area contributed by atoms with Gasteiger partial charge < -0.3 is 29.3 Å². The second kappa shape index (κ2) is 13.7. The highest BCUT2D eigenvalue weighted by atomic mass is 127. The zero-order chi connectivity index (χ0) is 21.2. The van der Waals surface area contributed by atoms with Crippen LogP contribution in [0.3, 0.4) is 0 Å². The molecule has 0 aromatic heterocycles. The summed E-state index contributed by atoms with van der Waals surface area (Å²) < 4.78 is 16.4. The SMILES string of the molecule is CCOC(=O)N1CCN(C(=NC)NCc2ccc(COC3CCOCC3)cc2)CC1.I. The molecular weight excluding hydrogens is 511 g/mol. The van der Waals surface area contributed by atoms with Crippen LogP contribution in [0.4, 0.5) is 4.79 Å². The summed E-state index contributed by atoms with van der Waals surface area (Å²) in [6.45, 7) is 7.93. The monoisotopic (exact) mass is 546 g/mol. The van der Waals surface area contributed by atoms with Gasteiger partial charge in [-0.1, -0.05) is 24.3 Å². The lowest BCUT2D eigenvalue weighted by Gasteiger charge is -2.35. The summed E-state index contributed by atoms with van der Waals surface area (Å²) in [5.74, 6) is 0.852. The van der Waals surface area contributed by atoms with Gasteiger partial charge in [-0.3, -0.25) is 4.99 Å². The number of hydrogen-bond acceptors (Lipinski definition) is 5. The van der Waals surface area contributed by atoms with E-state index in [0.29, 0.717) is 39.0 Å². The molecule has 1 aromatic rings. The van der Waals surface area contributed by atoms with Gasteiger partial charge in [0.05, 0.1) is 19.3 Å². The number of amides is 1. The largest absolute Gasteiger partial charge is 0.450 e. The van der Waals surface area contributed by atoms with Gasteiger partial charge in [0, 0.05) is 53.0 Å². The minimum atomic E-state index is -0.235. The lowest BCUT2D eigenvalue weighted by atomic mass is 10.1. The van der Waals surface area contributed by atoms with E-state index in [1.54, 1.807) is 11.9 Å². The summed E-state index contributed by atoms with van der Waals surface area (Å²) in [5.41, 5.74) is 2.38. The molecule has 0 atom stereocenters. The molecule has 2 heterocycles. The molecule has 0 radical (unpaired) electrons. The second-order valence-corrected chi connectivity index (χ2v) is 7.51. The van der Waals surface area contributed by atoms with Crippen LogP contribution in [-0.4, -0.2) is 81.0 Å². The van der Waals surface area contributed by atoms with Crippen LogP contribution in [0.15, 0.2) is 29.3 Å². The molecule has 2 fully saturated rings. The fourth-order valence-electron chi connectivity index (χ4n) is 3.64. The third-order valence-electron chi connectivity index (χ3n) is 5.44. The van der Waals surface area contributed by atoms with Crippen LogP contribution in [0.2, 0.25) is 0 Å². The first-order valence-corrected chi connectivity index (χ1v) is 10.8. The molecule has 2 saturated heterocycles. The minimum absolute atomic E-state index is 0. The molecule has 0 spiro atoms. The third-order valence-corrected chi connectivity index (χ3v) is 5.44. The third kappa shape index (κ3) is 8.12. The molecule has 1 N–H and O–H groups in total. The molecule has 2 aliphatic heterocycles. The Bertz CT molecular complexity index is 687. The van der Waals surface area contributed by atoms with E-state index >= 15 is 0 Å². The van der Waals surface area contributed by atoms with Crippen molar-refractivity contribution in [3.05, 3.63) is 35.4 Å². The number of carbonyl (C=O) groups is 1. The Kier molecular flexibility index (Phi) is 11.4. The Labute approximate surface area is 202 Å². The normalized spacial score (nSPS) is 17.8. The van der Waals surface area contributed by atoms with E-state index in [2.05, 4.69) is 39.5 Å². The van der Waals surface area contributed by atoms with Crippen molar-refractivity contribution in [2.24, 2.45) is 4.99 Å². The molecule has 9 heteroatoms. The summed E-state index contributed by atoms with van der Waals surface area (Å²) in [6, 6.07) is 8.50. The summed E-state index contributed by atoms with van der Waals surface area (Å²) in [5, 5.41) is 3.42. The molecule has 174 valence electrons. The van der Waals surface area contributed by atoms with Crippen LogP contribution in [-0.2, 0) is 27.4 Å². The van der Waals surface area contributed by atoms with E-state index in [1.807, 2.05) is 6.92 Å². The highest BCUT2D eigenvalue weighted by molar-refractivity contribution is 14.0. The molecule has 0 aliphatic carbocycles. The topological polar surface area (TPSA) is 75.6 Å². The standard InChI is InChI=1S/C22H34N4O4.HI/c1-3-29-22(27)26-12-10-25(11-13-26)21(23-2)24-16-18-4-6-19(7-5-18)17-30-20-8-14-28-15-9-20;/h4-7,20H,3,8-17H2,1-2H3,(H,23,24);1H. The quantitative estimate of drug-likeness (QED) is 0.336. The highest BCUT2D eigenvalue weighted by Gasteiger charge is 2.23. The van der Waals surface area contributed by atoms with Gasteiger partial charge in [0.1, 0.15) is 0 Å². The molecule has 8 nitrogen and oxygen atoms in total. The number of halogens is 1. The Balaban J connectivity index is 0.00000341. The number of rotatable bonds is 6. The first-order chi connectivity index (χ1) is 14.7. The summed E-state index contributed by atoms with van der Waals surface area (Å²) in [4.78, 5) is 20.2. The average Bonchev–Trinajstić information content (AvgIpc) is 2.80. The van der Waals surface area contributed by atoms with Crippen molar-refractivity contribution in [1.82, 2.24) is 15.1 Å². The summed E-state index contributed by atoms with van der Waals surface area (Å²) in [7, 11) is 1.79.